The Hall–Kier alpha value is -1.88. The number of anilines is 1. The number of carbonyl (C=O) groups is 2. The number of hydrogen-bond acceptors (Lipinski definition) is 4. The normalized spacial score (nSPS) is 17.2. The first-order valence-corrected chi connectivity index (χ1v) is 6.65. The number of aryl methyl sites for hydroxylation is 1. The van der Waals surface area contributed by atoms with E-state index < -0.39 is 11.5 Å². The summed E-state index contributed by atoms with van der Waals surface area (Å²) >= 11 is 0. The summed E-state index contributed by atoms with van der Waals surface area (Å²) in [4.78, 5) is 23.8. The van der Waals surface area contributed by atoms with E-state index in [1.165, 1.54) is 7.11 Å². The fraction of sp³-hybridized carbons (Fsp3) is 0.467. The van der Waals surface area contributed by atoms with Crippen molar-refractivity contribution in [1.82, 2.24) is 0 Å². The zero-order chi connectivity index (χ0) is 14.9. The van der Waals surface area contributed by atoms with Crippen LogP contribution in [-0.2, 0) is 9.53 Å². The molecule has 0 heterocycles. The van der Waals surface area contributed by atoms with E-state index in [-0.39, 0.29) is 11.8 Å². The van der Waals surface area contributed by atoms with Gasteiger partial charge in [0.15, 0.2) is 0 Å². The van der Waals surface area contributed by atoms with Crippen LogP contribution in [0.5, 0.6) is 0 Å². The Morgan fingerprint density at radius 3 is 2.60 bits per heavy atom. The highest BCUT2D eigenvalue weighted by Crippen LogP contribution is 2.38. The molecule has 0 aromatic heterocycles. The van der Waals surface area contributed by atoms with Crippen molar-refractivity contribution >= 4 is 17.6 Å². The molecular weight excluding hydrogens is 256 g/mol. The molecule has 1 aliphatic rings. The Bertz CT molecular complexity index is 548. The quantitative estimate of drug-likeness (QED) is 0.822. The number of hydrogen-bond donors (Lipinski definition) is 2. The molecule has 1 amide bonds. The van der Waals surface area contributed by atoms with Gasteiger partial charge in [0.05, 0.1) is 18.2 Å². The first kappa shape index (κ1) is 14.5. The Labute approximate surface area is 118 Å². The van der Waals surface area contributed by atoms with Crippen LogP contribution in [0.2, 0.25) is 0 Å². The molecule has 0 spiro atoms. The van der Waals surface area contributed by atoms with E-state index >= 15 is 0 Å². The standard InChI is InChI=1S/C15H20N2O3/c1-9-4-5-10(13(18)20-3)8-12(9)17-14(19)15(2,16)11-6-7-11/h4-5,8,11H,6-7,16H2,1-3H3,(H,17,19). The molecule has 5 nitrogen and oxygen atoms in total. The van der Waals surface area contributed by atoms with Crippen molar-refractivity contribution < 1.29 is 14.3 Å². The first-order valence-electron chi connectivity index (χ1n) is 6.65. The molecule has 0 saturated heterocycles. The Kier molecular flexibility index (Phi) is 3.81. The third-order valence-corrected chi connectivity index (χ3v) is 3.82. The van der Waals surface area contributed by atoms with Gasteiger partial charge in [-0.05, 0) is 50.3 Å². The van der Waals surface area contributed by atoms with Gasteiger partial charge in [0.25, 0.3) is 0 Å². The third-order valence-electron chi connectivity index (χ3n) is 3.82. The van der Waals surface area contributed by atoms with Crippen LogP contribution in [0.3, 0.4) is 0 Å². The topological polar surface area (TPSA) is 81.4 Å². The summed E-state index contributed by atoms with van der Waals surface area (Å²) < 4.78 is 4.68. The maximum atomic E-state index is 12.3. The lowest BCUT2D eigenvalue weighted by Gasteiger charge is -2.23. The predicted molar refractivity (Wildman–Crippen MR) is 76.5 cm³/mol. The van der Waals surface area contributed by atoms with Crippen molar-refractivity contribution in [3.63, 3.8) is 0 Å². The lowest BCUT2D eigenvalue weighted by Crippen LogP contribution is -2.50. The van der Waals surface area contributed by atoms with E-state index in [2.05, 4.69) is 10.1 Å². The van der Waals surface area contributed by atoms with Gasteiger partial charge < -0.3 is 15.8 Å². The summed E-state index contributed by atoms with van der Waals surface area (Å²) in [5.74, 6) is -0.407. The van der Waals surface area contributed by atoms with Gasteiger partial charge in [-0.1, -0.05) is 6.07 Å². The lowest BCUT2D eigenvalue weighted by molar-refractivity contribution is -0.121. The second kappa shape index (κ2) is 5.25. The molecule has 20 heavy (non-hydrogen) atoms. The van der Waals surface area contributed by atoms with Crippen LogP contribution in [0.25, 0.3) is 0 Å². The van der Waals surface area contributed by atoms with E-state index in [0.29, 0.717) is 11.3 Å². The van der Waals surface area contributed by atoms with Gasteiger partial charge in [0.1, 0.15) is 0 Å². The molecule has 1 saturated carbocycles. The van der Waals surface area contributed by atoms with Gasteiger partial charge >= 0.3 is 5.97 Å². The zero-order valence-corrected chi connectivity index (χ0v) is 12.0. The number of amides is 1. The highest BCUT2D eigenvalue weighted by Gasteiger charge is 2.44. The van der Waals surface area contributed by atoms with Gasteiger partial charge in [-0.15, -0.1) is 0 Å². The van der Waals surface area contributed by atoms with E-state index in [4.69, 9.17) is 5.73 Å². The van der Waals surface area contributed by atoms with Crippen molar-refractivity contribution in [3.8, 4) is 0 Å². The molecule has 1 aromatic rings. The molecule has 1 aliphatic carbocycles. The Balaban J connectivity index is 2.20. The highest BCUT2D eigenvalue weighted by atomic mass is 16.5. The van der Waals surface area contributed by atoms with E-state index in [9.17, 15) is 9.59 Å². The van der Waals surface area contributed by atoms with Crippen molar-refractivity contribution in [1.29, 1.82) is 0 Å². The molecule has 0 bridgehead atoms. The fourth-order valence-electron chi connectivity index (χ4n) is 2.13. The zero-order valence-electron chi connectivity index (χ0n) is 12.0. The summed E-state index contributed by atoms with van der Waals surface area (Å²) in [6.07, 6.45) is 1.98. The summed E-state index contributed by atoms with van der Waals surface area (Å²) in [7, 11) is 1.32. The molecule has 3 N–H and O–H groups in total. The maximum absolute atomic E-state index is 12.3. The number of benzene rings is 1. The molecule has 108 valence electrons. The van der Waals surface area contributed by atoms with Crippen LogP contribution in [0.1, 0.15) is 35.7 Å². The molecular formula is C15H20N2O3. The second-order valence-electron chi connectivity index (χ2n) is 5.53. The molecule has 2 rings (SSSR count). The minimum absolute atomic E-state index is 0.217. The molecule has 1 unspecified atom stereocenters. The first-order chi connectivity index (χ1) is 9.36. The highest BCUT2D eigenvalue weighted by molar-refractivity contribution is 6.00. The van der Waals surface area contributed by atoms with Crippen LogP contribution in [0.15, 0.2) is 18.2 Å². The Morgan fingerprint density at radius 1 is 1.40 bits per heavy atom. The van der Waals surface area contributed by atoms with Crippen LogP contribution in [-0.4, -0.2) is 24.5 Å². The molecule has 1 aromatic carbocycles. The average molecular weight is 276 g/mol. The van der Waals surface area contributed by atoms with Crippen LogP contribution in [0, 0.1) is 12.8 Å². The van der Waals surface area contributed by atoms with Gasteiger partial charge in [-0.3, -0.25) is 4.79 Å². The maximum Gasteiger partial charge on any atom is 0.337 e. The number of rotatable bonds is 4. The van der Waals surface area contributed by atoms with Gasteiger partial charge in [-0.25, -0.2) is 4.79 Å². The largest absolute Gasteiger partial charge is 0.465 e. The van der Waals surface area contributed by atoms with E-state index in [0.717, 1.165) is 18.4 Å². The fourth-order valence-corrected chi connectivity index (χ4v) is 2.13. The summed E-state index contributed by atoms with van der Waals surface area (Å²) in [6, 6.07) is 5.05. The van der Waals surface area contributed by atoms with Crippen LogP contribution < -0.4 is 11.1 Å². The van der Waals surface area contributed by atoms with Crippen molar-refractivity contribution in [3.05, 3.63) is 29.3 Å². The number of esters is 1. The van der Waals surface area contributed by atoms with Crippen molar-refractivity contribution in [2.75, 3.05) is 12.4 Å². The van der Waals surface area contributed by atoms with Gasteiger partial charge in [0, 0.05) is 5.69 Å². The van der Waals surface area contributed by atoms with Gasteiger partial charge in [-0.2, -0.15) is 0 Å². The predicted octanol–water partition coefficient (Wildman–Crippen LogP) is 1.85. The molecule has 0 aliphatic heterocycles. The number of ether oxygens (including phenoxy) is 1. The average Bonchev–Trinajstić information content (AvgIpc) is 3.24. The van der Waals surface area contributed by atoms with E-state index in [1.54, 1.807) is 25.1 Å². The smallest absolute Gasteiger partial charge is 0.337 e. The lowest BCUT2D eigenvalue weighted by atomic mass is 9.96. The molecule has 0 radical (unpaired) electrons. The monoisotopic (exact) mass is 276 g/mol. The van der Waals surface area contributed by atoms with Crippen LogP contribution in [0.4, 0.5) is 5.69 Å². The second-order valence-corrected chi connectivity index (χ2v) is 5.53. The number of nitrogens with one attached hydrogen (secondary N) is 1. The summed E-state index contributed by atoms with van der Waals surface area (Å²) in [6.45, 7) is 3.61. The minimum atomic E-state index is -0.867. The molecule has 5 heteroatoms. The number of carbonyl (C=O) groups excluding carboxylic acids is 2. The number of methoxy groups -OCH3 is 1. The molecule has 1 atom stereocenters. The summed E-state index contributed by atoms with van der Waals surface area (Å²) in [5, 5.41) is 2.82. The summed E-state index contributed by atoms with van der Waals surface area (Å²) in [5.41, 5.74) is 7.08. The van der Waals surface area contributed by atoms with Crippen LogP contribution >= 0.6 is 0 Å². The SMILES string of the molecule is COC(=O)c1ccc(C)c(NC(=O)C(C)(N)C2CC2)c1. The third kappa shape index (κ3) is 2.82. The molecule has 1 fully saturated rings. The van der Waals surface area contributed by atoms with Crippen molar-refractivity contribution in [2.45, 2.75) is 32.2 Å². The minimum Gasteiger partial charge on any atom is -0.465 e. The number of nitrogens with two attached hydrogens (primary N) is 1. The Morgan fingerprint density at radius 2 is 2.05 bits per heavy atom. The van der Waals surface area contributed by atoms with E-state index in [1.807, 2.05) is 6.92 Å². The van der Waals surface area contributed by atoms with Gasteiger partial charge in [0.2, 0.25) is 5.91 Å². The van der Waals surface area contributed by atoms with Crippen molar-refractivity contribution in [2.24, 2.45) is 11.7 Å².